The van der Waals surface area contributed by atoms with Gasteiger partial charge in [-0.2, -0.15) is 34.2 Å². The van der Waals surface area contributed by atoms with Gasteiger partial charge in [0.05, 0.1) is 45.1 Å². The summed E-state index contributed by atoms with van der Waals surface area (Å²) in [7, 11) is 1.88. The highest BCUT2D eigenvalue weighted by Crippen LogP contribution is 2.39. The average molecular weight is 820 g/mol. The summed E-state index contributed by atoms with van der Waals surface area (Å²) in [5, 5.41) is 21.2. The number of fused-ring (bicyclic) bond motifs is 2. The van der Waals surface area contributed by atoms with Crippen LogP contribution in [0, 0.1) is 0 Å². The second-order valence-electron chi connectivity index (χ2n) is 11.1. The van der Waals surface area contributed by atoms with Gasteiger partial charge in [0.1, 0.15) is 17.3 Å². The van der Waals surface area contributed by atoms with Gasteiger partial charge in [0.2, 0.25) is 0 Å². The molecule has 0 radical (unpaired) electrons. The van der Waals surface area contributed by atoms with Crippen molar-refractivity contribution in [3.63, 3.8) is 0 Å². The second kappa shape index (κ2) is 13.1. The number of nitrogens with two attached hydrogens (primary N) is 2. The monoisotopic (exact) mass is 818 g/mol. The molecule has 0 saturated carbocycles. The maximum Gasteiger partial charge on any atom is 0.169 e. The Bertz CT molecular complexity index is 2020. The number of rotatable bonds is 10. The van der Waals surface area contributed by atoms with E-state index in [0.29, 0.717) is 47.5 Å². The molecule has 0 amide bonds. The highest BCUT2D eigenvalue weighted by atomic mass is 127. The molecule has 18 heteroatoms. The molecule has 0 aliphatic carbocycles. The molecular formula is C28H32BrIN14OS. The fourth-order valence-corrected chi connectivity index (χ4v) is 8.81. The molecule has 6 aromatic rings. The van der Waals surface area contributed by atoms with E-state index in [0.717, 1.165) is 58.2 Å². The Morgan fingerprint density at radius 1 is 1.07 bits per heavy atom. The molecule has 0 spiro atoms. The molecule has 7 heterocycles. The SMILES string of the molecule is Cn1cc(-c2cnn3c(Nn4cc(-c5cnn6c(N)cc(C7CNCC[S+]7[O-])nc56)cn4)c(Br)c(C(I)CCCCN)nc23)cn1. The number of aromatic nitrogens is 10. The van der Waals surface area contributed by atoms with Gasteiger partial charge in [-0.1, -0.05) is 29.0 Å². The van der Waals surface area contributed by atoms with Gasteiger partial charge in [-0.3, -0.25) is 10.1 Å². The summed E-state index contributed by atoms with van der Waals surface area (Å²) >= 11 is 5.25. The summed E-state index contributed by atoms with van der Waals surface area (Å²) in [5.74, 6) is 1.67. The first-order chi connectivity index (χ1) is 22.3. The lowest BCUT2D eigenvalue weighted by Gasteiger charge is -2.26. The number of aryl methyl sites for hydroxylation is 1. The van der Waals surface area contributed by atoms with Crippen LogP contribution in [0.2, 0.25) is 0 Å². The van der Waals surface area contributed by atoms with Gasteiger partial charge in [-0.05, 0) is 46.5 Å². The molecule has 1 aliphatic heterocycles. The highest BCUT2D eigenvalue weighted by molar-refractivity contribution is 14.1. The maximum absolute atomic E-state index is 12.8. The fraction of sp³-hybridized carbons (Fsp3) is 0.357. The van der Waals surface area contributed by atoms with Crippen LogP contribution >= 0.6 is 38.5 Å². The van der Waals surface area contributed by atoms with E-state index < -0.39 is 11.2 Å². The van der Waals surface area contributed by atoms with Crippen LogP contribution in [0.15, 0.2) is 47.7 Å². The van der Waals surface area contributed by atoms with Gasteiger partial charge < -0.3 is 21.3 Å². The number of nitrogen functional groups attached to an aromatic ring is 1. The van der Waals surface area contributed by atoms with E-state index in [1.165, 1.54) is 0 Å². The topological polar surface area (TPSA) is 195 Å². The first kappa shape index (κ1) is 31.3. The number of nitrogens with zero attached hydrogens (tertiary/aromatic N) is 10. The van der Waals surface area contributed by atoms with E-state index in [1.807, 2.05) is 19.4 Å². The zero-order valence-corrected chi connectivity index (χ0v) is 29.4. The van der Waals surface area contributed by atoms with Crippen LogP contribution in [-0.4, -0.2) is 78.8 Å². The van der Waals surface area contributed by atoms with Crippen LogP contribution in [0.25, 0.3) is 33.5 Å². The number of hydrogen-bond acceptors (Lipinski definition) is 11. The van der Waals surface area contributed by atoms with E-state index in [9.17, 15) is 4.55 Å². The number of alkyl halides is 1. The van der Waals surface area contributed by atoms with Gasteiger partial charge in [0, 0.05) is 54.7 Å². The Hall–Kier alpha value is -3.30. The lowest BCUT2D eigenvalue weighted by atomic mass is 10.1. The smallest absolute Gasteiger partial charge is 0.169 e. The van der Waals surface area contributed by atoms with Gasteiger partial charge in [0.15, 0.2) is 22.4 Å². The van der Waals surface area contributed by atoms with Crippen molar-refractivity contribution in [3.05, 3.63) is 59.1 Å². The van der Waals surface area contributed by atoms with Crippen LogP contribution < -0.4 is 22.2 Å². The molecule has 7 rings (SSSR count). The standard InChI is InChI=1S/C28H32BrIN14OS/c1-41-14-16(9-34-41)18-12-37-44-27(18)39-25(20(30)4-2-3-5-31)24(29)28(44)40-42-15-17(10-35-42)19-11-36-43-23(32)8-21(38-26(19)43)22-13-33-6-7-46(22)45/h8-12,14-15,20,22,33,40H,2-7,13,31-32H2,1H3. The number of hydrogen-bond donors (Lipinski definition) is 4. The molecule has 3 atom stereocenters. The van der Waals surface area contributed by atoms with E-state index in [4.69, 9.17) is 26.5 Å². The molecular weight excluding hydrogens is 787 g/mol. The third-order valence-electron chi connectivity index (χ3n) is 7.93. The quantitative estimate of drug-likeness (QED) is 0.0686. The zero-order valence-electron chi connectivity index (χ0n) is 24.8. The molecule has 6 aromatic heterocycles. The van der Waals surface area contributed by atoms with Crippen molar-refractivity contribution in [1.82, 2.24) is 54.2 Å². The van der Waals surface area contributed by atoms with Crippen molar-refractivity contribution in [3.8, 4) is 22.3 Å². The minimum atomic E-state index is -1.03. The summed E-state index contributed by atoms with van der Waals surface area (Å²) in [5.41, 5.74) is 21.7. The molecule has 1 aliphatic rings. The van der Waals surface area contributed by atoms with Crippen molar-refractivity contribution in [1.29, 1.82) is 0 Å². The van der Waals surface area contributed by atoms with E-state index in [-0.39, 0.29) is 9.17 Å². The summed E-state index contributed by atoms with van der Waals surface area (Å²) in [6.45, 7) is 1.97. The first-order valence-electron chi connectivity index (χ1n) is 14.8. The normalized spacial score (nSPS) is 17.7. The van der Waals surface area contributed by atoms with E-state index in [1.54, 1.807) is 49.4 Å². The predicted molar refractivity (Wildman–Crippen MR) is 189 cm³/mol. The zero-order chi connectivity index (χ0) is 31.9. The number of unbranched alkanes of at least 4 members (excludes halogenated alkanes) is 1. The van der Waals surface area contributed by atoms with Gasteiger partial charge in [0.25, 0.3) is 0 Å². The maximum atomic E-state index is 12.8. The molecule has 15 nitrogen and oxygen atoms in total. The molecule has 1 fully saturated rings. The van der Waals surface area contributed by atoms with Crippen LogP contribution in [0.4, 0.5) is 11.6 Å². The Labute approximate surface area is 288 Å². The van der Waals surface area contributed by atoms with Crippen molar-refractivity contribution >= 4 is 72.6 Å². The van der Waals surface area contributed by atoms with Crippen molar-refractivity contribution < 1.29 is 4.55 Å². The average Bonchev–Trinajstić information content (AvgIpc) is 3.85. The molecule has 0 bridgehead atoms. The summed E-state index contributed by atoms with van der Waals surface area (Å²) in [6.07, 6.45) is 13.7. The van der Waals surface area contributed by atoms with Crippen molar-refractivity contribution in [2.75, 3.05) is 36.5 Å². The first-order valence-corrected chi connectivity index (χ1v) is 18.2. The third kappa shape index (κ3) is 5.85. The predicted octanol–water partition coefficient (Wildman–Crippen LogP) is 3.25. The van der Waals surface area contributed by atoms with Gasteiger partial charge >= 0.3 is 0 Å². The molecule has 6 N–H and O–H groups in total. The molecule has 240 valence electrons. The largest absolute Gasteiger partial charge is 0.616 e. The number of nitrogens with one attached hydrogen (secondary N) is 2. The van der Waals surface area contributed by atoms with E-state index in [2.05, 4.69) is 64.6 Å². The third-order valence-corrected chi connectivity index (χ3v) is 11.6. The van der Waals surface area contributed by atoms with Crippen LogP contribution in [-0.2, 0) is 18.2 Å². The lowest BCUT2D eigenvalue weighted by Crippen LogP contribution is -2.39. The van der Waals surface area contributed by atoms with Crippen LogP contribution in [0.5, 0.6) is 0 Å². The highest BCUT2D eigenvalue weighted by Gasteiger charge is 2.30. The summed E-state index contributed by atoms with van der Waals surface area (Å²) < 4.78 is 18.8. The van der Waals surface area contributed by atoms with Crippen LogP contribution in [0.3, 0.4) is 0 Å². The lowest BCUT2D eigenvalue weighted by molar-refractivity contribution is 0.547. The molecule has 46 heavy (non-hydrogen) atoms. The molecule has 3 unspecified atom stereocenters. The van der Waals surface area contributed by atoms with E-state index >= 15 is 0 Å². The van der Waals surface area contributed by atoms with Crippen molar-refractivity contribution in [2.45, 2.75) is 28.4 Å². The van der Waals surface area contributed by atoms with Gasteiger partial charge in [-0.25, -0.2) is 9.97 Å². The fourth-order valence-electron chi connectivity index (χ4n) is 5.55. The Balaban J connectivity index is 1.26. The van der Waals surface area contributed by atoms with Crippen LogP contribution in [0.1, 0.15) is 39.8 Å². The molecule has 0 aromatic carbocycles. The Morgan fingerprint density at radius 2 is 1.80 bits per heavy atom. The number of anilines is 2. The second-order valence-corrected chi connectivity index (χ2v) is 15.1. The Kier molecular flexibility index (Phi) is 8.89. The minimum Gasteiger partial charge on any atom is -0.616 e. The van der Waals surface area contributed by atoms with Gasteiger partial charge in [-0.15, -0.1) is 0 Å². The number of halogens is 2. The summed E-state index contributed by atoms with van der Waals surface area (Å²) in [6, 6.07) is 1.76. The Morgan fingerprint density at radius 3 is 2.54 bits per heavy atom. The molecule has 1 saturated heterocycles. The minimum absolute atomic E-state index is 0.132. The van der Waals surface area contributed by atoms with Crippen molar-refractivity contribution in [2.24, 2.45) is 12.8 Å². The summed E-state index contributed by atoms with van der Waals surface area (Å²) in [4.78, 5) is 11.6.